The van der Waals surface area contributed by atoms with Gasteiger partial charge in [0.1, 0.15) is 5.76 Å². The Morgan fingerprint density at radius 3 is 2.33 bits per heavy atom. The van der Waals surface area contributed by atoms with Crippen LogP contribution in [0.4, 0.5) is 4.79 Å². The number of hydrogen-bond acceptors (Lipinski definition) is 4. The lowest BCUT2D eigenvalue weighted by atomic mass is 9.93. The molecule has 1 aromatic rings. The summed E-state index contributed by atoms with van der Waals surface area (Å²) >= 11 is 0. The number of aryl methyl sites for hydroxylation is 2. The van der Waals surface area contributed by atoms with Crippen LogP contribution in [0.25, 0.3) is 0 Å². The van der Waals surface area contributed by atoms with Crippen LogP contribution in [0.15, 0.2) is 4.42 Å². The number of nitrogens with zero attached hydrogens (tertiary/aromatic N) is 1. The predicted molar refractivity (Wildman–Crippen MR) is 81.0 cm³/mol. The highest BCUT2D eigenvalue weighted by Crippen LogP contribution is 2.18. The zero-order chi connectivity index (χ0) is 15.9. The second-order valence-corrected chi connectivity index (χ2v) is 5.51. The van der Waals surface area contributed by atoms with Crippen LogP contribution < -0.4 is 10.6 Å². The first-order chi connectivity index (χ1) is 9.90. The molecule has 120 valence electrons. The minimum absolute atomic E-state index is 0.237. The fourth-order valence-corrected chi connectivity index (χ4v) is 2.31. The third-order valence-corrected chi connectivity index (χ3v) is 3.48. The molecule has 1 rings (SSSR count). The van der Waals surface area contributed by atoms with E-state index in [4.69, 9.17) is 4.42 Å². The summed E-state index contributed by atoms with van der Waals surface area (Å²) in [6, 6.07) is -0.325. The van der Waals surface area contributed by atoms with Crippen LogP contribution in [-0.2, 0) is 6.54 Å². The average molecular weight is 297 g/mol. The standard InChI is InChI=1S/C15H27N3O3/c1-5-7-15(20,8-6-2)10-17-14(19)16-9-13-18-11(3)12(4)21-13/h20H,5-10H2,1-4H3,(H2,16,17,19). The highest BCUT2D eigenvalue weighted by Gasteiger charge is 2.25. The van der Waals surface area contributed by atoms with E-state index in [0.717, 1.165) is 24.3 Å². The van der Waals surface area contributed by atoms with Gasteiger partial charge in [0.25, 0.3) is 0 Å². The van der Waals surface area contributed by atoms with Gasteiger partial charge < -0.3 is 20.2 Å². The first-order valence-electron chi connectivity index (χ1n) is 7.57. The van der Waals surface area contributed by atoms with Crippen molar-refractivity contribution in [2.45, 2.75) is 65.5 Å². The van der Waals surface area contributed by atoms with Crippen molar-refractivity contribution in [1.29, 1.82) is 0 Å². The van der Waals surface area contributed by atoms with Gasteiger partial charge in [0.2, 0.25) is 5.89 Å². The normalized spacial score (nSPS) is 11.5. The van der Waals surface area contributed by atoms with Gasteiger partial charge in [-0.3, -0.25) is 0 Å². The number of hydrogen-bond donors (Lipinski definition) is 3. The molecule has 1 heterocycles. The second kappa shape index (κ2) is 8.02. The van der Waals surface area contributed by atoms with Crippen molar-refractivity contribution in [1.82, 2.24) is 15.6 Å². The summed E-state index contributed by atoms with van der Waals surface area (Å²) in [7, 11) is 0. The van der Waals surface area contributed by atoms with Gasteiger partial charge in [-0.15, -0.1) is 0 Å². The zero-order valence-corrected chi connectivity index (χ0v) is 13.5. The molecule has 3 N–H and O–H groups in total. The summed E-state index contributed by atoms with van der Waals surface area (Å²) < 4.78 is 5.38. The number of aliphatic hydroxyl groups is 1. The number of carbonyl (C=O) groups excluding carboxylic acids is 1. The maximum Gasteiger partial charge on any atom is 0.315 e. The summed E-state index contributed by atoms with van der Waals surface area (Å²) in [5.41, 5.74) is 0.00389. The molecule has 0 atom stereocenters. The van der Waals surface area contributed by atoms with Crippen LogP contribution in [-0.4, -0.2) is 28.3 Å². The van der Waals surface area contributed by atoms with Crippen LogP contribution in [0.2, 0.25) is 0 Å². The molecule has 2 amide bonds. The lowest BCUT2D eigenvalue weighted by molar-refractivity contribution is 0.0241. The van der Waals surface area contributed by atoms with Crippen LogP contribution in [0, 0.1) is 13.8 Å². The first kappa shape index (κ1) is 17.5. The molecule has 0 saturated heterocycles. The molecule has 0 aromatic carbocycles. The number of carbonyl (C=O) groups is 1. The molecule has 0 radical (unpaired) electrons. The first-order valence-corrected chi connectivity index (χ1v) is 7.57. The van der Waals surface area contributed by atoms with E-state index in [9.17, 15) is 9.90 Å². The molecule has 1 aromatic heterocycles. The van der Waals surface area contributed by atoms with Crippen molar-refractivity contribution in [3.8, 4) is 0 Å². The van der Waals surface area contributed by atoms with E-state index >= 15 is 0 Å². The van der Waals surface area contributed by atoms with Crippen molar-refractivity contribution in [2.75, 3.05) is 6.54 Å². The van der Waals surface area contributed by atoms with Crippen LogP contribution >= 0.6 is 0 Å². The summed E-state index contributed by atoms with van der Waals surface area (Å²) in [5, 5.41) is 15.8. The summed E-state index contributed by atoms with van der Waals surface area (Å²) in [6.07, 6.45) is 3.13. The minimum Gasteiger partial charge on any atom is -0.444 e. The fourth-order valence-electron chi connectivity index (χ4n) is 2.31. The monoisotopic (exact) mass is 297 g/mol. The third kappa shape index (κ3) is 5.75. The lowest BCUT2D eigenvalue weighted by Gasteiger charge is -2.27. The van der Waals surface area contributed by atoms with E-state index in [2.05, 4.69) is 15.6 Å². The van der Waals surface area contributed by atoms with Crippen LogP contribution in [0.1, 0.15) is 56.9 Å². The largest absolute Gasteiger partial charge is 0.444 e. The Bertz CT molecular complexity index is 432. The summed E-state index contributed by atoms with van der Waals surface area (Å²) in [5.74, 6) is 1.24. The number of amides is 2. The Kier molecular flexibility index (Phi) is 6.68. The van der Waals surface area contributed by atoms with Crippen LogP contribution in [0.5, 0.6) is 0 Å². The molecule has 0 saturated carbocycles. The SMILES string of the molecule is CCCC(O)(CCC)CNC(=O)NCc1nc(C)c(C)o1. The third-order valence-electron chi connectivity index (χ3n) is 3.48. The van der Waals surface area contributed by atoms with E-state index in [-0.39, 0.29) is 19.1 Å². The fraction of sp³-hybridized carbons (Fsp3) is 0.733. The van der Waals surface area contributed by atoms with E-state index in [1.807, 2.05) is 27.7 Å². The maximum atomic E-state index is 11.8. The van der Waals surface area contributed by atoms with Crippen molar-refractivity contribution in [2.24, 2.45) is 0 Å². The van der Waals surface area contributed by atoms with Gasteiger partial charge >= 0.3 is 6.03 Å². The van der Waals surface area contributed by atoms with E-state index in [1.165, 1.54) is 0 Å². The van der Waals surface area contributed by atoms with Gasteiger partial charge in [-0.1, -0.05) is 26.7 Å². The Morgan fingerprint density at radius 1 is 1.24 bits per heavy atom. The van der Waals surface area contributed by atoms with E-state index in [0.29, 0.717) is 18.7 Å². The molecular formula is C15H27N3O3. The Hall–Kier alpha value is -1.56. The summed E-state index contributed by atoms with van der Waals surface area (Å²) in [6.45, 7) is 8.23. The van der Waals surface area contributed by atoms with E-state index < -0.39 is 5.60 Å². The van der Waals surface area contributed by atoms with Crippen molar-refractivity contribution >= 4 is 6.03 Å². The van der Waals surface area contributed by atoms with Gasteiger partial charge in [-0.25, -0.2) is 9.78 Å². The molecule has 0 aliphatic heterocycles. The number of oxazole rings is 1. The topological polar surface area (TPSA) is 87.4 Å². The van der Waals surface area contributed by atoms with Crippen molar-refractivity contribution < 1.29 is 14.3 Å². The van der Waals surface area contributed by atoms with E-state index in [1.54, 1.807) is 0 Å². The molecule has 0 unspecified atom stereocenters. The lowest BCUT2D eigenvalue weighted by Crippen LogP contribution is -2.46. The molecule has 0 fully saturated rings. The number of nitrogens with one attached hydrogen (secondary N) is 2. The zero-order valence-electron chi connectivity index (χ0n) is 13.5. The quantitative estimate of drug-likeness (QED) is 0.687. The molecule has 0 aliphatic rings. The average Bonchev–Trinajstić information content (AvgIpc) is 2.74. The molecular weight excluding hydrogens is 270 g/mol. The molecule has 21 heavy (non-hydrogen) atoms. The molecule has 0 aliphatic carbocycles. The molecule has 6 heteroatoms. The van der Waals surface area contributed by atoms with Gasteiger partial charge in [0.05, 0.1) is 17.8 Å². The minimum atomic E-state index is -0.822. The Balaban J connectivity index is 2.39. The van der Waals surface area contributed by atoms with Gasteiger partial charge in [0, 0.05) is 6.54 Å². The van der Waals surface area contributed by atoms with Crippen molar-refractivity contribution in [3.63, 3.8) is 0 Å². The number of urea groups is 1. The Morgan fingerprint density at radius 2 is 1.86 bits per heavy atom. The molecule has 0 bridgehead atoms. The predicted octanol–water partition coefficient (Wildman–Crippen LogP) is 2.42. The highest BCUT2D eigenvalue weighted by atomic mass is 16.4. The van der Waals surface area contributed by atoms with Crippen LogP contribution in [0.3, 0.4) is 0 Å². The maximum absolute atomic E-state index is 11.8. The Labute approximate surface area is 126 Å². The molecule has 0 spiro atoms. The van der Waals surface area contributed by atoms with Gasteiger partial charge in [0.15, 0.2) is 0 Å². The van der Waals surface area contributed by atoms with Crippen molar-refractivity contribution in [3.05, 3.63) is 17.3 Å². The number of aromatic nitrogens is 1. The molecule has 6 nitrogen and oxygen atoms in total. The highest BCUT2D eigenvalue weighted by molar-refractivity contribution is 5.73. The second-order valence-electron chi connectivity index (χ2n) is 5.51. The van der Waals surface area contributed by atoms with Gasteiger partial charge in [-0.05, 0) is 26.7 Å². The smallest absolute Gasteiger partial charge is 0.315 e. The summed E-state index contributed by atoms with van der Waals surface area (Å²) in [4.78, 5) is 16.0. The van der Waals surface area contributed by atoms with Gasteiger partial charge in [-0.2, -0.15) is 0 Å². The number of rotatable bonds is 8.